The topological polar surface area (TPSA) is 82.5 Å². The second-order valence-corrected chi connectivity index (χ2v) is 8.30. The number of amides is 1. The van der Waals surface area contributed by atoms with E-state index in [0.717, 1.165) is 0 Å². The molecule has 154 valence electrons. The number of fused-ring (bicyclic) bond motifs is 2. The summed E-state index contributed by atoms with van der Waals surface area (Å²) in [5, 5.41) is 3.18. The highest BCUT2D eigenvalue weighted by Crippen LogP contribution is 2.44. The van der Waals surface area contributed by atoms with Crippen molar-refractivity contribution < 1.29 is 27.8 Å². The highest BCUT2D eigenvalue weighted by atomic mass is 32.1. The number of nitrogens with one attached hydrogen (secondary N) is 1. The molecular weight excluding hydrogens is 416 g/mol. The van der Waals surface area contributed by atoms with Crippen LogP contribution in [0.4, 0.5) is 13.9 Å². The van der Waals surface area contributed by atoms with Crippen molar-refractivity contribution in [1.82, 2.24) is 9.55 Å². The lowest BCUT2D eigenvalue weighted by atomic mass is 9.88. The number of thiazole rings is 1. The number of hydrogen-bond donors (Lipinski definition) is 1. The molecule has 1 unspecified atom stereocenters. The second kappa shape index (κ2) is 6.36. The molecule has 0 aliphatic carbocycles. The van der Waals surface area contributed by atoms with E-state index in [2.05, 4.69) is 19.8 Å². The van der Waals surface area contributed by atoms with Crippen LogP contribution in [0.5, 0.6) is 11.5 Å². The Hall–Kier alpha value is -3.27. The van der Waals surface area contributed by atoms with Crippen molar-refractivity contribution in [2.75, 3.05) is 5.32 Å². The van der Waals surface area contributed by atoms with Crippen molar-refractivity contribution in [3.63, 3.8) is 0 Å². The largest absolute Gasteiger partial charge is 0.586 e. The van der Waals surface area contributed by atoms with Gasteiger partial charge in [0.05, 0.1) is 10.6 Å². The van der Waals surface area contributed by atoms with Crippen molar-refractivity contribution in [2.24, 2.45) is 0 Å². The maximum absolute atomic E-state index is 13.2. The number of rotatable bonds is 3. The Morgan fingerprint density at radius 2 is 2.07 bits per heavy atom. The molecular formula is C20H15F2N3O4S. The van der Waals surface area contributed by atoms with Gasteiger partial charge >= 0.3 is 6.29 Å². The van der Waals surface area contributed by atoms with E-state index in [4.69, 9.17) is 0 Å². The minimum Gasteiger partial charge on any atom is -0.395 e. The van der Waals surface area contributed by atoms with E-state index in [-0.39, 0.29) is 23.2 Å². The van der Waals surface area contributed by atoms with Gasteiger partial charge in [0.2, 0.25) is 0 Å². The molecule has 1 amide bonds. The van der Waals surface area contributed by atoms with Gasteiger partial charge in [-0.3, -0.25) is 14.9 Å². The molecule has 0 saturated carbocycles. The Morgan fingerprint density at radius 3 is 2.90 bits per heavy atom. The summed E-state index contributed by atoms with van der Waals surface area (Å²) in [6.07, 6.45) is 0.264. The van der Waals surface area contributed by atoms with Gasteiger partial charge in [-0.25, -0.2) is 4.98 Å². The smallest absolute Gasteiger partial charge is 0.395 e. The van der Waals surface area contributed by atoms with Crippen molar-refractivity contribution >= 4 is 28.2 Å². The number of carbonyl (C=O) groups is 2. The van der Waals surface area contributed by atoms with E-state index < -0.39 is 11.8 Å². The van der Waals surface area contributed by atoms with Gasteiger partial charge in [0, 0.05) is 18.8 Å². The number of anilines is 1. The lowest BCUT2D eigenvalue weighted by Crippen LogP contribution is -2.46. The Bertz CT molecular complexity index is 1190. The van der Waals surface area contributed by atoms with E-state index in [1.807, 2.05) is 0 Å². The van der Waals surface area contributed by atoms with Crippen LogP contribution in [0.1, 0.15) is 30.3 Å². The zero-order valence-electron chi connectivity index (χ0n) is 15.6. The molecule has 4 heterocycles. The monoisotopic (exact) mass is 431 g/mol. The maximum atomic E-state index is 13.2. The first kappa shape index (κ1) is 18.7. The summed E-state index contributed by atoms with van der Waals surface area (Å²) in [6, 6.07) is 7.90. The number of alkyl halides is 2. The van der Waals surface area contributed by atoms with Crippen molar-refractivity contribution in [2.45, 2.75) is 31.6 Å². The molecule has 30 heavy (non-hydrogen) atoms. The summed E-state index contributed by atoms with van der Waals surface area (Å²) >= 11 is 1.20. The standard InChI is InChI=1S/C20H15F2N3O4S/c1-19(7-6-13(26)12-3-2-8-25(12)19)17(27)24-18-23-10-16(30-18)11-4-5-14-15(9-11)29-20(21,22)28-14/h2-5,8-10H,6-7H2,1H3,(H,23,24,27). The molecule has 0 spiro atoms. The lowest BCUT2D eigenvalue weighted by Gasteiger charge is -2.34. The average Bonchev–Trinajstić information content (AvgIpc) is 3.41. The summed E-state index contributed by atoms with van der Waals surface area (Å²) in [5.74, 6) is -0.367. The molecule has 5 rings (SSSR count). The van der Waals surface area contributed by atoms with E-state index in [0.29, 0.717) is 34.1 Å². The van der Waals surface area contributed by atoms with Crippen LogP contribution in [0.25, 0.3) is 10.4 Å². The predicted molar refractivity (Wildman–Crippen MR) is 104 cm³/mol. The first-order chi connectivity index (χ1) is 14.2. The van der Waals surface area contributed by atoms with Gasteiger partial charge in [-0.05, 0) is 49.2 Å². The van der Waals surface area contributed by atoms with Gasteiger partial charge < -0.3 is 14.0 Å². The molecule has 3 aromatic rings. The molecule has 7 nitrogen and oxygen atoms in total. The van der Waals surface area contributed by atoms with Crippen molar-refractivity contribution in [3.8, 4) is 21.9 Å². The molecule has 2 aliphatic heterocycles. The molecule has 0 bridgehead atoms. The first-order valence-corrected chi connectivity index (χ1v) is 9.95. The summed E-state index contributed by atoms with van der Waals surface area (Å²) in [6.45, 7) is 1.78. The summed E-state index contributed by atoms with van der Waals surface area (Å²) in [7, 11) is 0. The van der Waals surface area contributed by atoms with E-state index >= 15 is 0 Å². The zero-order chi connectivity index (χ0) is 21.1. The number of Topliss-reactive ketones (excluding diaryl/α,β-unsaturated/α-hetero) is 1. The molecule has 1 atom stereocenters. The van der Waals surface area contributed by atoms with Gasteiger partial charge in [0.1, 0.15) is 5.54 Å². The molecule has 10 heteroatoms. The van der Waals surface area contributed by atoms with Gasteiger partial charge in [0.25, 0.3) is 5.91 Å². The van der Waals surface area contributed by atoms with Crippen LogP contribution >= 0.6 is 11.3 Å². The van der Waals surface area contributed by atoms with E-state index in [1.54, 1.807) is 42.1 Å². The van der Waals surface area contributed by atoms with Crippen LogP contribution < -0.4 is 14.8 Å². The third-order valence-corrected chi connectivity index (χ3v) is 6.27. The predicted octanol–water partition coefficient (Wildman–Crippen LogP) is 4.26. The molecule has 1 aromatic carbocycles. The molecule has 0 radical (unpaired) electrons. The second-order valence-electron chi connectivity index (χ2n) is 7.27. The minimum atomic E-state index is -3.68. The normalized spacial score (nSPS) is 21.4. The van der Waals surface area contributed by atoms with Gasteiger partial charge in [-0.2, -0.15) is 0 Å². The van der Waals surface area contributed by atoms with E-state index in [9.17, 15) is 18.4 Å². The number of benzene rings is 1. The molecule has 2 aliphatic rings. The van der Waals surface area contributed by atoms with Crippen LogP contribution in [-0.4, -0.2) is 27.5 Å². The summed E-state index contributed by atoms with van der Waals surface area (Å²) in [4.78, 5) is 30.0. The van der Waals surface area contributed by atoms with E-state index in [1.165, 1.54) is 23.5 Å². The molecule has 1 N–H and O–H groups in total. The Morgan fingerprint density at radius 1 is 1.27 bits per heavy atom. The SMILES string of the molecule is CC1(C(=O)Nc2ncc(-c3ccc4c(c3)OC(F)(F)O4)s2)CCC(=O)c2cccn21. The van der Waals surface area contributed by atoms with Crippen LogP contribution in [0.2, 0.25) is 0 Å². The van der Waals surface area contributed by atoms with Crippen LogP contribution in [0.15, 0.2) is 42.7 Å². The van der Waals surface area contributed by atoms with Gasteiger partial charge in [-0.15, -0.1) is 8.78 Å². The Labute approximate surface area is 173 Å². The first-order valence-electron chi connectivity index (χ1n) is 9.14. The molecule has 2 aromatic heterocycles. The van der Waals surface area contributed by atoms with Crippen LogP contribution in [0, 0.1) is 0 Å². The molecule has 0 fully saturated rings. The van der Waals surface area contributed by atoms with Crippen LogP contribution in [0.3, 0.4) is 0 Å². The third-order valence-electron chi connectivity index (χ3n) is 5.31. The lowest BCUT2D eigenvalue weighted by molar-refractivity contribution is -0.286. The summed E-state index contributed by atoms with van der Waals surface area (Å²) in [5.41, 5.74) is 0.203. The zero-order valence-corrected chi connectivity index (χ0v) is 16.5. The van der Waals surface area contributed by atoms with Crippen molar-refractivity contribution in [1.29, 1.82) is 0 Å². The average molecular weight is 431 g/mol. The fraction of sp³-hybridized carbons (Fsp3) is 0.250. The number of halogens is 2. The number of hydrogen-bond acceptors (Lipinski definition) is 6. The van der Waals surface area contributed by atoms with Gasteiger partial charge in [0.15, 0.2) is 22.4 Å². The summed E-state index contributed by atoms with van der Waals surface area (Å²) < 4.78 is 37.0. The van der Waals surface area contributed by atoms with Crippen LogP contribution in [-0.2, 0) is 10.3 Å². The maximum Gasteiger partial charge on any atom is 0.586 e. The Kier molecular flexibility index (Phi) is 3.97. The van der Waals surface area contributed by atoms with Crippen molar-refractivity contribution in [3.05, 3.63) is 48.4 Å². The van der Waals surface area contributed by atoms with Gasteiger partial charge in [-0.1, -0.05) is 11.3 Å². The molecule has 0 saturated heterocycles. The number of ether oxygens (including phenoxy) is 2. The quantitative estimate of drug-likeness (QED) is 0.670. The number of carbonyl (C=O) groups excluding carboxylic acids is 2. The fourth-order valence-corrected chi connectivity index (χ4v) is 4.47. The highest BCUT2D eigenvalue weighted by molar-refractivity contribution is 7.19. The Balaban J connectivity index is 1.37. The minimum absolute atomic E-state index is 0.00944. The third kappa shape index (κ3) is 2.95. The fourth-order valence-electron chi connectivity index (χ4n) is 3.67. The highest BCUT2D eigenvalue weighted by Gasteiger charge is 2.43. The number of ketones is 1. The number of nitrogens with zero attached hydrogens (tertiary/aromatic N) is 2. The number of aromatic nitrogens is 2.